The molecule has 1 aliphatic heterocycles. The van der Waals surface area contributed by atoms with Crippen molar-refractivity contribution in [1.29, 1.82) is 0 Å². The molecule has 3 amide bonds. The second kappa shape index (κ2) is 8.78. The molecule has 1 saturated heterocycles. The fourth-order valence-electron chi connectivity index (χ4n) is 4.00. The number of carbonyl (C=O) groups is 3. The first kappa shape index (κ1) is 21.3. The molecule has 1 fully saturated rings. The minimum Gasteiger partial charge on any atom is -0.310 e. The number of para-hydroxylation sites is 2. The molecule has 9 heteroatoms. The van der Waals surface area contributed by atoms with Gasteiger partial charge in [0.2, 0.25) is 5.91 Å². The van der Waals surface area contributed by atoms with Crippen molar-refractivity contribution in [3.8, 4) is 11.1 Å². The maximum atomic E-state index is 12.7. The van der Waals surface area contributed by atoms with Crippen LogP contribution in [0.1, 0.15) is 30.1 Å². The summed E-state index contributed by atoms with van der Waals surface area (Å²) in [5, 5.41) is 9.79. The number of benzene rings is 2. The maximum Gasteiger partial charge on any atom is 0.326 e. The van der Waals surface area contributed by atoms with Crippen LogP contribution in [0.25, 0.3) is 16.8 Å². The van der Waals surface area contributed by atoms with E-state index in [0.29, 0.717) is 35.6 Å². The van der Waals surface area contributed by atoms with Crippen molar-refractivity contribution in [1.82, 2.24) is 14.6 Å². The highest BCUT2D eigenvalue weighted by Crippen LogP contribution is 2.29. The van der Waals surface area contributed by atoms with Crippen molar-refractivity contribution in [2.45, 2.75) is 19.8 Å². The molecule has 4 aromatic rings. The normalized spacial score (nSPS) is 13.3. The van der Waals surface area contributed by atoms with E-state index in [-0.39, 0.29) is 17.6 Å². The molecule has 34 heavy (non-hydrogen) atoms. The SMILES string of the molecule is CC(=O)c1cccc(-c2ccc3nc(NC(=O)Nc4ccccc4N4CCCC4=O)nn3c2)c1. The quantitative estimate of drug-likeness (QED) is 0.435. The summed E-state index contributed by atoms with van der Waals surface area (Å²) in [6, 6.07) is 17.7. The summed E-state index contributed by atoms with van der Waals surface area (Å²) in [6.45, 7) is 2.16. The zero-order valence-electron chi connectivity index (χ0n) is 18.5. The molecular formula is C25H22N6O3. The van der Waals surface area contributed by atoms with E-state index >= 15 is 0 Å². The van der Waals surface area contributed by atoms with E-state index in [0.717, 1.165) is 17.5 Å². The predicted octanol–water partition coefficient (Wildman–Crippen LogP) is 4.37. The van der Waals surface area contributed by atoms with Gasteiger partial charge >= 0.3 is 6.03 Å². The molecule has 0 bridgehead atoms. The van der Waals surface area contributed by atoms with E-state index in [2.05, 4.69) is 20.7 Å². The summed E-state index contributed by atoms with van der Waals surface area (Å²) < 4.78 is 1.57. The Morgan fingerprint density at radius 1 is 0.971 bits per heavy atom. The monoisotopic (exact) mass is 454 g/mol. The molecule has 0 radical (unpaired) electrons. The van der Waals surface area contributed by atoms with E-state index in [1.54, 1.807) is 39.9 Å². The Bertz CT molecular complexity index is 1430. The summed E-state index contributed by atoms with van der Waals surface area (Å²) in [5.41, 5.74) is 4.13. The molecule has 0 aliphatic carbocycles. The van der Waals surface area contributed by atoms with Gasteiger partial charge in [0.1, 0.15) is 0 Å². The minimum atomic E-state index is -0.510. The zero-order chi connectivity index (χ0) is 23.7. The number of nitrogens with one attached hydrogen (secondary N) is 2. The van der Waals surface area contributed by atoms with E-state index in [1.165, 1.54) is 6.92 Å². The van der Waals surface area contributed by atoms with Gasteiger partial charge in [-0.3, -0.25) is 14.9 Å². The van der Waals surface area contributed by atoms with Gasteiger partial charge in [-0.05, 0) is 49.2 Å². The molecule has 5 rings (SSSR count). The molecule has 0 unspecified atom stereocenters. The Hall–Kier alpha value is -4.53. The van der Waals surface area contributed by atoms with Crippen molar-refractivity contribution in [3.63, 3.8) is 0 Å². The second-order valence-corrected chi connectivity index (χ2v) is 8.04. The lowest BCUT2D eigenvalue weighted by molar-refractivity contribution is -0.117. The lowest BCUT2D eigenvalue weighted by Gasteiger charge is -2.19. The fourth-order valence-corrected chi connectivity index (χ4v) is 4.00. The number of aromatic nitrogens is 3. The second-order valence-electron chi connectivity index (χ2n) is 8.04. The number of nitrogens with zero attached hydrogens (tertiary/aromatic N) is 4. The smallest absolute Gasteiger partial charge is 0.310 e. The first-order valence-electron chi connectivity index (χ1n) is 10.9. The maximum absolute atomic E-state index is 12.7. The van der Waals surface area contributed by atoms with Crippen molar-refractivity contribution in [2.24, 2.45) is 0 Å². The molecule has 2 aromatic carbocycles. The number of anilines is 3. The van der Waals surface area contributed by atoms with Gasteiger partial charge in [-0.2, -0.15) is 4.98 Å². The molecule has 170 valence electrons. The van der Waals surface area contributed by atoms with Gasteiger partial charge in [-0.15, -0.1) is 5.10 Å². The van der Waals surface area contributed by atoms with Crippen LogP contribution in [-0.4, -0.2) is 38.9 Å². The lowest BCUT2D eigenvalue weighted by atomic mass is 10.0. The highest BCUT2D eigenvalue weighted by molar-refractivity contribution is 6.04. The van der Waals surface area contributed by atoms with Crippen molar-refractivity contribution < 1.29 is 14.4 Å². The predicted molar refractivity (Wildman–Crippen MR) is 129 cm³/mol. The number of ketones is 1. The largest absolute Gasteiger partial charge is 0.326 e. The van der Waals surface area contributed by atoms with Gasteiger partial charge in [0, 0.05) is 30.3 Å². The summed E-state index contributed by atoms with van der Waals surface area (Å²) in [5.74, 6) is 0.181. The Kier molecular flexibility index (Phi) is 5.51. The number of hydrogen-bond donors (Lipinski definition) is 2. The average Bonchev–Trinajstić information content (AvgIpc) is 3.44. The van der Waals surface area contributed by atoms with Crippen LogP contribution in [0.4, 0.5) is 22.1 Å². The summed E-state index contributed by atoms with van der Waals surface area (Å²) in [4.78, 5) is 42.5. The Labute approximate surface area is 195 Å². The first-order valence-corrected chi connectivity index (χ1v) is 10.9. The summed E-state index contributed by atoms with van der Waals surface area (Å²) in [6.07, 6.45) is 3.09. The third-order valence-electron chi connectivity index (χ3n) is 5.68. The van der Waals surface area contributed by atoms with Crippen molar-refractivity contribution in [2.75, 3.05) is 22.1 Å². The van der Waals surface area contributed by atoms with Crippen molar-refractivity contribution >= 4 is 40.7 Å². The van der Waals surface area contributed by atoms with Gasteiger partial charge in [0.05, 0.1) is 11.4 Å². The number of rotatable bonds is 5. The van der Waals surface area contributed by atoms with Gasteiger partial charge in [-0.25, -0.2) is 9.31 Å². The number of urea groups is 1. The van der Waals surface area contributed by atoms with E-state index in [9.17, 15) is 14.4 Å². The van der Waals surface area contributed by atoms with E-state index in [1.807, 2.05) is 36.4 Å². The van der Waals surface area contributed by atoms with Gasteiger partial charge < -0.3 is 10.2 Å². The van der Waals surface area contributed by atoms with Crippen molar-refractivity contribution in [3.05, 3.63) is 72.4 Å². The van der Waals surface area contributed by atoms with E-state index in [4.69, 9.17) is 0 Å². The molecule has 3 heterocycles. The standard InChI is InChI=1S/C25H22N6O3/c1-16(32)17-6-4-7-18(14-17)19-11-12-22-27-24(29-31(22)15-19)28-25(34)26-20-8-2-3-9-21(20)30-13-5-10-23(30)33/h2-4,6-9,11-12,14-15H,5,10,13H2,1H3,(H2,26,28,29,34). The Balaban J connectivity index is 1.34. The third-order valence-corrected chi connectivity index (χ3v) is 5.68. The van der Waals surface area contributed by atoms with Gasteiger partial charge in [-0.1, -0.05) is 30.3 Å². The average molecular weight is 454 g/mol. The Morgan fingerprint density at radius 2 is 1.82 bits per heavy atom. The van der Waals surface area contributed by atoms with Crippen LogP contribution in [0.5, 0.6) is 0 Å². The number of amides is 3. The third kappa shape index (κ3) is 4.23. The Morgan fingerprint density at radius 3 is 2.62 bits per heavy atom. The summed E-state index contributed by atoms with van der Waals surface area (Å²) in [7, 11) is 0. The molecule has 2 aromatic heterocycles. The number of fused-ring (bicyclic) bond motifs is 1. The lowest BCUT2D eigenvalue weighted by Crippen LogP contribution is -2.27. The molecule has 0 atom stereocenters. The van der Waals surface area contributed by atoms with Crippen LogP contribution in [0, 0.1) is 0 Å². The van der Waals surface area contributed by atoms with Gasteiger partial charge in [0.15, 0.2) is 11.4 Å². The van der Waals surface area contributed by atoms with Crippen LogP contribution >= 0.6 is 0 Å². The molecule has 2 N–H and O–H groups in total. The van der Waals surface area contributed by atoms with Crippen LogP contribution in [0.15, 0.2) is 66.9 Å². The van der Waals surface area contributed by atoms with Crippen LogP contribution in [-0.2, 0) is 4.79 Å². The zero-order valence-corrected chi connectivity index (χ0v) is 18.5. The van der Waals surface area contributed by atoms with Crippen LogP contribution in [0.2, 0.25) is 0 Å². The molecule has 0 spiro atoms. The van der Waals surface area contributed by atoms with Gasteiger partial charge in [0.25, 0.3) is 5.95 Å². The molecule has 9 nitrogen and oxygen atoms in total. The molecular weight excluding hydrogens is 432 g/mol. The first-order chi connectivity index (χ1) is 16.5. The molecule has 0 saturated carbocycles. The fraction of sp³-hybridized carbons (Fsp3) is 0.160. The highest BCUT2D eigenvalue weighted by Gasteiger charge is 2.24. The number of pyridine rings is 1. The summed E-state index contributed by atoms with van der Waals surface area (Å²) >= 11 is 0. The number of Topliss-reactive ketones (excluding diaryl/α,β-unsaturated/α-hetero) is 1. The number of carbonyl (C=O) groups excluding carboxylic acids is 3. The molecule has 1 aliphatic rings. The number of hydrogen-bond acceptors (Lipinski definition) is 5. The topological polar surface area (TPSA) is 109 Å². The minimum absolute atomic E-state index is 0.00291. The highest BCUT2D eigenvalue weighted by atomic mass is 16.2. The van der Waals surface area contributed by atoms with E-state index < -0.39 is 6.03 Å². The van der Waals surface area contributed by atoms with Crippen LogP contribution in [0.3, 0.4) is 0 Å². The van der Waals surface area contributed by atoms with Crippen LogP contribution < -0.4 is 15.5 Å².